The molecule has 1 aromatic carbocycles. The van der Waals surface area contributed by atoms with E-state index in [1.54, 1.807) is 12.1 Å². The van der Waals surface area contributed by atoms with Gasteiger partial charge in [0.1, 0.15) is 0 Å². The fourth-order valence-electron chi connectivity index (χ4n) is 1.92. The van der Waals surface area contributed by atoms with Crippen molar-refractivity contribution < 1.29 is 4.79 Å². The highest BCUT2D eigenvalue weighted by molar-refractivity contribution is 6.42. The molecule has 0 aliphatic heterocycles. The van der Waals surface area contributed by atoms with Gasteiger partial charge in [-0.15, -0.1) is 0 Å². The molecule has 4 heteroatoms. The van der Waals surface area contributed by atoms with Gasteiger partial charge in [0, 0.05) is 6.04 Å². The van der Waals surface area contributed by atoms with Crippen LogP contribution in [0, 0.1) is 5.92 Å². The lowest BCUT2D eigenvalue weighted by Crippen LogP contribution is -2.36. The first-order chi connectivity index (χ1) is 8.32. The van der Waals surface area contributed by atoms with Gasteiger partial charge < -0.3 is 5.32 Å². The molecule has 0 heterocycles. The third-order valence-corrected chi connectivity index (χ3v) is 3.42. The molecule has 1 rings (SSSR count). The molecule has 1 aromatic rings. The van der Waals surface area contributed by atoms with Crippen LogP contribution in [0.4, 0.5) is 0 Å². The molecule has 0 aliphatic carbocycles. The molecule has 0 aromatic heterocycles. The Morgan fingerprint density at radius 3 is 2.17 bits per heavy atom. The minimum atomic E-state index is -0.206. The molecule has 18 heavy (non-hydrogen) atoms. The average Bonchev–Trinajstić information content (AvgIpc) is 2.21. The average molecular weight is 288 g/mol. The van der Waals surface area contributed by atoms with Crippen LogP contribution in [0.15, 0.2) is 18.2 Å². The molecule has 0 bridgehead atoms. The number of benzene rings is 1. The summed E-state index contributed by atoms with van der Waals surface area (Å²) in [6.45, 7) is 7.94. The first-order valence-corrected chi connectivity index (χ1v) is 6.83. The lowest BCUT2D eigenvalue weighted by atomic mass is 9.87. The number of halogens is 2. The summed E-state index contributed by atoms with van der Waals surface area (Å²) in [6, 6.07) is 5.49. The topological polar surface area (TPSA) is 29.1 Å². The van der Waals surface area contributed by atoms with Crippen molar-refractivity contribution in [2.75, 3.05) is 0 Å². The van der Waals surface area contributed by atoms with Gasteiger partial charge >= 0.3 is 0 Å². The van der Waals surface area contributed by atoms with Crippen LogP contribution < -0.4 is 5.32 Å². The van der Waals surface area contributed by atoms with Crippen molar-refractivity contribution in [3.05, 3.63) is 33.8 Å². The van der Waals surface area contributed by atoms with Crippen LogP contribution >= 0.6 is 23.2 Å². The number of rotatable bonds is 4. The summed E-state index contributed by atoms with van der Waals surface area (Å²) in [4.78, 5) is 12.2. The van der Waals surface area contributed by atoms with Gasteiger partial charge in [-0.1, -0.05) is 43.1 Å². The summed E-state index contributed by atoms with van der Waals surface area (Å²) in [5, 5.41) is 3.93. The van der Waals surface area contributed by atoms with Gasteiger partial charge in [0.25, 0.3) is 0 Å². The predicted octanol–water partition coefficient (Wildman–Crippen LogP) is 4.26. The normalized spacial score (nSPS) is 12.9. The van der Waals surface area contributed by atoms with Crippen LogP contribution in [0.25, 0.3) is 0 Å². The van der Waals surface area contributed by atoms with Crippen molar-refractivity contribution in [1.29, 1.82) is 0 Å². The molecule has 0 saturated carbocycles. The van der Waals surface area contributed by atoms with Crippen LogP contribution in [0.5, 0.6) is 0 Å². The largest absolute Gasteiger partial charge is 0.353 e. The van der Waals surface area contributed by atoms with Gasteiger partial charge in [-0.25, -0.2) is 0 Å². The lowest BCUT2D eigenvalue weighted by molar-refractivity contribution is -0.124. The third-order valence-electron chi connectivity index (χ3n) is 2.68. The molecule has 0 fully saturated rings. The van der Waals surface area contributed by atoms with E-state index in [1.165, 1.54) is 0 Å². The maximum atomic E-state index is 12.2. The van der Waals surface area contributed by atoms with E-state index >= 15 is 0 Å². The zero-order valence-corrected chi connectivity index (χ0v) is 12.6. The molecule has 0 radical (unpaired) electrons. The second kappa shape index (κ2) is 6.44. The van der Waals surface area contributed by atoms with Gasteiger partial charge in [-0.2, -0.15) is 0 Å². The van der Waals surface area contributed by atoms with Crippen LogP contribution in [0.3, 0.4) is 0 Å². The SMILES string of the molecule is CC(C)NC(=O)C(c1ccc(Cl)c(Cl)c1)C(C)C. The van der Waals surface area contributed by atoms with Crippen molar-refractivity contribution in [2.45, 2.75) is 39.7 Å². The second-order valence-corrected chi connectivity index (χ2v) is 5.87. The Kier molecular flexibility index (Phi) is 5.48. The number of hydrogen-bond acceptors (Lipinski definition) is 1. The quantitative estimate of drug-likeness (QED) is 0.881. The fourth-order valence-corrected chi connectivity index (χ4v) is 2.23. The monoisotopic (exact) mass is 287 g/mol. The lowest BCUT2D eigenvalue weighted by Gasteiger charge is -2.22. The third kappa shape index (κ3) is 3.89. The van der Waals surface area contributed by atoms with E-state index in [-0.39, 0.29) is 23.8 Å². The fraction of sp³-hybridized carbons (Fsp3) is 0.500. The number of carbonyl (C=O) groups is 1. The molecule has 1 atom stereocenters. The highest BCUT2D eigenvalue weighted by Crippen LogP contribution is 2.30. The molecule has 1 amide bonds. The van der Waals surface area contributed by atoms with Crippen molar-refractivity contribution in [3.8, 4) is 0 Å². The Morgan fingerprint density at radius 2 is 1.72 bits per heavy atom. The maximum absolute atomic E-state index is 12.2. The predicted molar refractivity (Wildman–Crippen MR) is 77.3 cm³/mol. The minimum absolute atomic E-state index is 0.0263. The molecular weight excluding hydrogens is 269 g/mol. The minimum Gasteiger partial charge on any atom is -0.353 e. The standard InChI is InChI=1S/C14H19Cl2NO/c1-8(2)13(14(18)17-9(3)4)10-5-6-11(15)12(16)7-10/h5-9,13H,1-4H3,(H,17,18). The molecule has 1 N–H and O–H groups in total. The van der Waals surface area contributed by atoms with E-state index in [4.69, 9.17) is 23.2 Å². The summed E-state index contributed by atoms with van der Waals surface area (Å²) in [6.07, 6.45) is 0. The first kappa shape index (κ1) is 15.3. The van der Waals surface area contributed by atoms with Gasteiger partial charge in [0.15, 0.2) is 0 Å². The number of nitrogens with one attached hydrogen (secondary N) is 1. The van der Waals surface area contributed by atoms with Crippen molar-refractivity contribution in [1.82, 2.24) is 5.32 Å². The zero-order chi connectivity index (χ0) is 13.9. The van der Waals surface area contributed by atoms with Crippen LogP contribution in [-0.4, -0.2) is 11.9 Å². The van der Waals surface area contributed by atoms with Crippen molar-refractivity contribution in [2.24, 2.45) is 5.92 Å². The smallest absolute Gasteiger partial charge is 0.227 e. The summed E-state index contributed by atoms with van der Waals surface area (Å²) < 4.78 is 0. The molecule has 0 saturated heterocycles. The molecular formula is C14H19Cl2NO. The van der Waals surface area contributed by atoms with Crippen LogP contribution in [0.2, 0.25) is 10.0 Å². The zero-order valence-electron chi connectivity index (χ0n) is 11.1. The Morgan fingerprint density at radius 1 is 1.11 bits per heavy atom. The van der Waals surface area contributed by atoms with Gasteiger partial charge in [-0.3, -0.25) is 4.79 Å². The van der Waals surface area contributed by atoms with Crippen LogP contribution in [0.1, 0.15) is 39.2 Å². The number of amides is 1. The Balaban J connectivity index is 3.04. The van der Waals surface area contributed by atoms with E-state index in [2.05, 4.69) is 5.32 Å². The highest BCUT2D eigenvalue weighted by atomic mass is 35.5. The Bertz CT molecular complexity index is 430. The summed E-state index contributed by atoms with van der Waals surface area (Å²) >= 11 is 11.9. The first-order valence-electron chi connectivity index (χ1n) is 6.08. The molecule has 0 spiro atoms. The van der Waals surface area contributed by atoms with E-state index in [0.717, 1.165) is 5.56 Å². The summed E-state index contributed by atoms with van der Waals surface area (Å²) in [5.74, 6) is 0.0153. The molecule has 2 nitrogen and oxygen atoms in total. The Hall–Kier alpha value is -0.730. The van der Waals surface area contributed by atoms with Crippen molar-refractivity contribution in [3.63, 3.8) is 0 Å². The van der Waals surface area contributed by atoms with Gasteiger partial charge in [0.05, 0.1) is 16.0 Å². The van der Waals surface area contributed by atoms with Crippen molar-refractivity contribution >= 4 is 29.1 Å². The molecule has 1 unspecified atom stereocenters. The van der Waals surface area contributed by atoms with Gasteiger partial charge in [-0.05, 0) is 37.5 Å². The maximum Gasteiger partial charge on any atom is 0.227 e. The second-order valence-electron chi connectivity index (χ2n) is 5.06. The van der Waals surface area contributed by atoms with Gasteiger partial charge in [0.2, 0.25) is 5.91 Å². The summed E-state index contributed by atoms with van der Waals surface area (Å²) in [5.41, 5.74) is 0.901. The number of hydrogen-bond donors (Lipinski definition) is 1. The molecule has 0 aliphatic rings. The highest BCUT2D eigenvalue weighted by Gasteiger charge is 2.25. The van der Waals surface area contributed by atoms with E-state index < -0.39 is 0 Å². The number of carbonyl (C=O) groups excluding carboxylic acids is 1. The van der Waals surface area contributed by atoms with Crippen LogP contribution in [-0.2, 0) is 4.79 Å². The van der Waals surface area contributed by atoms with E-state index in [1.807, 2.05) is 33.8 Å². The molecule has 100 valence electrons. The van der Waals surface area contributed by atoms with E-state index in [0.29, 0.717) is 10.0 Å². The van der Waals surface area contributed by atoms with E-state index in [9.17, 15) is 4.79 Å². The summed E-state index contributed by atoms with van der Waals surface area (Å²) in [7, 11) is 0. The Labute approximate surface area is 119 Å².